The van der Waals surface area contributed by atoms with Crippen LogP contribution in [0.2, 0.25) is 0 Å². The molecular formula is C7H11FN2O. The summed E-state index contributed by atoms with van der Waals surface area (Å²) in [6.45, 7) is 2.94. The second-order valence-corrected chi connectivity index (χ2v) is 2.68. The van der Waals surface area contributed by atoms with Gasteiger partial charge in [-0.05, 0) is 13.8 Å². The predicted octanol–water partition coefficient (Wildman–Crippen LogP) is 1.13. The van der Waals surface area contributed by atoms with E-state index in [0.717, 1.165) is 0 Å². The fraction of sp³-hybridized carbons (Fsp3) is 0.571. The summed E-state index contributed by atoms with van der Waals surface area (Å²) in [6, 6.07) is 0. The van der Waals surface area contributed by atoms with E-state index in [0.29, 0.717) is 5.76 Å². The SMILES string of the molecule is Cc1cnc(C(C)(F)CN)o1. The summed E-state index contributed by atoms with van der Waals surface area (Å²) < 4.78 is 18.3. The molecule has 0 spiro atoms. The van der Waals surface area contributed by atoms with Gasteiger partial charge in [0.1, 0.15) is 5.76 Å². The number of halogens is 1. The Labute approximate surface area is 64.4 Å². The highest BCUT2D eigenvalue weighted by molar-refractivity contribution is 5.00. The van der Waals surface area contributed by atoms with E-state index < -0.39 is 5.67 Å². The van der Waals surface area contributed by atoms with E-state index in [1.807, 2.05) is 0 Å². The van der Waals surface area contributed by atoms with Crippen LogP contribution >= 0.6 is 0 Å². The van der Waals surface area contributed by atoms with E-state index >= 15 is 0 Å². The lowest BCUT2D eigenvalue weighted by Gasteiger charge is -2.12. The van der Waals surface area contributed by atoms with Gasteiger partial charge in [0.2, 0.25) is 5.89 Å². The molecule has 0 saturated carbocycles. The van der Waals surface area contributed by atoms with E-state index in [9.17, 15) is 4.39 Å². The molecule has 0 bridgehead atoms. The summed E-state index contributed by atoms with van der Waals surface area (Å²) >= 11 is 0. The van der Waals surface area contributed by atoms with E-state index in [2.05, 4.69) is 4.98 Å². The standard InChI is InChI=1S/C7H11FN2O/c1-5-3-10-6(11-5)7(2,8)4-9/h3H,4,9H2,1-2H3. The molecule has 0 aliphatic carbocycles. The molecule has 1 atom stereocenters. The maximum absolute atomic E-state index is 13.3. The highest BCUT2D eigenvalue weighted by Gasteiger charge is 2.29. The Morgan fingerprint density at radius 1 is 1.82 bits per heavy atom. The highest BCUT2D eigenvalue weighted by atomic mass is 19.1. The molecule has 3 nitrogen and oxygen atoms in total. The lowest BCUT2D eigenvalue weighted by atomic mass is 10.1. The topological polar surface area (TPSA) is 52.0 Å². The first-order valence-electron chi connectivity index (χ1n) is 3.38. The van der Waals surface area contributed by atoms with Gasteiger partial charge in [-0.3, -0.25) is 0 Å². The minimum absolute atomic E-state index is 0.0532. The van der Waals surface area contributed by atoms with Crippen molar-refractivity contribution in [2.24, 2.45) is 5.73 Å². The smallest absolute Gasteiger partial charge is 0.233 e. The molecule has 0 amide bonds. The van der Waals surface area contributed by atoms with Crippen molar-refractivity contribution in [2.75, 3.05) is 6.54 Å². The number of rotatable bonds is 2. The van der Waals surface area contributed by atoms with Crippen LogP contribution in [0.25, 0.3) is 0 Å². The highest BCUT2D eigenvalue weighted by Crippen LogP contribution is 2.22. The zero-order valence-electron chi connectivity index (χ0n) is 6.60. The molecule has 0 aromatic carbocycles. The van der Waals surface area contributed by atoms with Crippen molar-refractivity contribution in [1.29, 1.82) is 0 Å². The monoisotopic (exact) mass is 158 g/mol. The third kappa shape index (κ3) is 1.57. The van der Waals surface area contributed by atoms with Gasteiger partial charge in [0.05, 0.1) is 6.20 Å². The summed E-state index contributed by atoms with van der Waals surface area (Å²) in [5.41, 5.74) is 3.53. The molecule has 11 heavy (non-hydrogen) atoms. The van der Waals surface area contributed by atoms with E-state index in [1.54, 1.807) is 6.92 Å². The van der Waals surface area contributed by atoms with Crippen molar-refractivity contribution in [2.45, 2.75) is 19.5 Å². The molecule has 62 valence electrons. The quantitative estimate of drug-likeness (QED) is 0.701. The summed E-state index contributed by atoms with van der Waals surface area (Å²) in [6.07, 6.45) is 1.48. The van der Waals surface area contributed by atoms with Gasteiger partial charge >= 0.3 is 0 Å². The number of aryl methyl sites for hydroxylation is 1. The second kappa shape index (κ2) is 2.62. The normalized spacial score (nSPS) is 16.4. The Morgan fingerprint density at radius 3 is 2.82 bits per heavy atom. The van der Waals surface area contributed by atoms with Crippen LogP contribution in [0.4, 0.5) is 4.39 Å². The first-order valence-corrected chi connectivity index (χ1v) is 3.38. The Hall–Kier alpha value is -0.900. The van der Waals surface area contributed by atoms with E-state index in [-0.39, 0.29) is 12.4 Å². The third-order valence-electron chi connectivity index (χ3n) is 1.45. The molecule has 1 aromatic rings. The van der Waals surface area contributed by atoms with Crippen molar-refractivity contribution < 1.29 is 8.81 Å². The van der Waals surface area contributed by atoms with Gasteiger partial charge in [0.25, 0.3) is 0 Å². The fourth-order valence-electron chi connectivity index (χ4n) is 0.683. The molecule has 0 aliphatic heterocycles. The number of hydrogen-bond acceptors (Lipinski definition) is 3. The number of aromatic nitrogens is 1. The minimum Gasteiger partial charge on any atom is -0.443 e. The van der Waals surface area contributed by atoms with E-state index in [1.165, 1.54) is 13.1 Å². The molecule has 2 N–H and O–H groups in total. The predicted molar refractivity (Wildman–Crippen MR) is 38.8 cm³/mol. The summed E-state index contributed by atoms with van der Waals surface area (Å²) in [5, 5.41) is 0. The molecule has 1 rings (SSSR count). The number of oxazole rings is 1. The van der Waals surface area contributed by atoms with Crippen molar-refractivity contribution in [1.82, 2.24) is 4.98 Å². The Bertz CT molecular complexity index is 244. The molecule has 1 unspecified atom stereocenters. The van der Waals surface area contributed by atoms with Gasteiger partial charge < -0.3 is 10.2 Å². The average Bonchev–Trinajstić information content (AvgIpc) is 2.36. The van der Waals surface area contributed by atoms with Gasteiger partial charge in [0.15, 0.2) is 5.67 Å². The zero-order valence-corrected chi connectivity index (χ0v) is 6.60. The van der Waals surface area contributed by atoms with Gasteiger partial charge in [0, 0.05) is 6.54 Å². The summed E-state index contributed by atoms with van der Waals surface area (Å²) in [4.78, 5) is 3.74. The minimum atomic E-state index is -1.64. The van der Waals surface area contributed by atoms with Gasteiger partial charge in [-0.1, -0.05) is 0 Å². The Morgan fingerprint density at radius 2 is 2.45 bits per heavy atom. The van der Waals surface area contributed by atoms with Crippen LogP contribution in [0.3, 0.4) is 0 Å². The van der Waals surface area contributed by atoms with Crippen molar-refractivity contribution in [3.63, 3.8) is 0 Å². The molecule has 4 heteroatoms. The largest absolute Gasteiger partial charge is 0.443 e. The van der Waals surface area contributed by atoms with Gasteiger partial charge in [-0.2, -0.15) is 0 Å². The number of alkyl halides is 1. The lowest BCUT2D eigenvalue weighted by Crippen LogP contribution is -2.26. The van der Waals surface area contributed by atoms with Crippen LogP contribution in [-0.4, -0.2) is 11.5 Å². The Kier molecular flexibility index (Phi) is 1.95. The average molecular weight is 158 g/mol. The van der Waals surface area contributed by atoms with Gasteiger partial charge in [-0.15, -0.1) is 0 Å². The molecule has 0 aliphatic rings. The van der Waals surface area contributed by atoms with Crippen LogP contribution in [0, 0.1) is 6.92 Å². The molecule has 1 heterocycles. The molecule has 0 saturated heterocycles. The molecule has 0 radical (unpaired) electrons. The zero-order chi connectivity index (χ0) is 8.48. The van der Waals surface area contributed by atoms with Gasteiger partial charge in [-0.25, -0.2) is 9.37 Å². The summed E-state index contributed by atoms with van der Waals surface area (Å²) in [5.74, 6) is 0.648. The van der Waals surface area contributed by atoms with Crippen LogP contribution in [0.5, 0.6) is 0 Å². The van der Waals surface area contributed by atoms with Crippen molar-refractivity contribution in [3.05, 3.63) is 17.8 Å². The van der Waals surface area contributed by atoms with E-state index in [4.69, 9.17) is 10.2 Å². The lowest BCUT2D eigenvalue weighted by molar-refractivity contribution is 0.153. The second-order valence-electron chi connectivity index (χ2n) is 2.68. The number of hydrogen-bond donors (Lipinski definition) is 1. The first kappa shape index (κ1) is 8.20. The Balaban J connectivity index is 2.92. The molecular weight excluding hydrogens is 147 g/mol. The van der Waals surface area contributed by atoms with Crippen LogP contribution < -0.4 is 5.73 Å². The number of nitrogens with zero attached hydrogens (tertiary/aromatic N) is 1. The van der Waals surface area contributed by atoms with Crippen LogP contribution in [-0.2, 0) is 5.67 Å². The van der Waals surface area contributed by atoms with Crippen molar-refractivity contribution >= 4 is 0 Å². The number of nitrogens with two attached hydrogens (primary N) is 1. The fourth-order valence-corrected chi connectivity index (χ4v) is 0.683. The maximum Gasteiger partial charge on any atom is 0.233 e. The van der Waals surface area contributed by atoms with Crippen LogP contribution in [0.1, 0.15) is 18.6 Å². The first-order chi connectivity index (χ1) is 5.06. The third-order valence-corrected chi connectivity index (χ3v) is 1.45. The van der Waals surface area contributed by atoms with Crippen LogP contribution in [0.15, 0.2) is 10.6 Å². The molecule has 1 aromatic heterocycles. The maximum atomic E-state index is 13.3. The van der Waals surface area contributed by atoms with Crippen molar-refractivity contribution in [3.8, 4) is 0 Å². The molecule has 0 fully saturated rings. The summed E-state index contributed by atoms with van der Waals surface area (Å²) in [7, 11) is 0.